The largest absolute Gasteiger partial charge is 0.375 e. The first-order chi connectivity index (χ1) is 10.5. The number of likely N-dealkylation sites (tertiary alicyclic amines) is 1. The van der Waals surface area contributed by atoms with Crippen LogP contribution in [-0.2, 0) is 11.3 Å². The molecular formula is C19H30N2O. The number of ether oxygens (including phenoxy) is 1. The molecule has 3 heteroatoms. The van der Waals surface area contributed by atoms with E-state index in [2.05, 4.69) is 55.9 Å². The molecule has 3 rings (SSSR count). The van der Waals surface area contributed by atoms with Gasteiger partial charge in [-0.15, -0.1) is 0 Å². The molecule has 1 aliphatic carbocycles. The summed E-state index contributed by atoms with van der Waals surface area (Å²) in [6, 6.07) is 7.53. The van der Waals surface area contributed by atoms with E-state index in [9.17, 15) is 0 Å². The van der Waals surface area contributed by atoms with Gasteiger partial charge in [-0.3, -0.25) is 4.90 Å². The van der Waals surface area contributed by atoms with E-state index in [0.29, 0.717) is 12.1 Å². The van der Waals surface area contributed by atoms with Gasteiger partial charge in [0.05, 0.1) is 12.7 Å². The highest BCUT2D eigenvalue weighted by atomic mass is 16.5. The Balaban J connectivity index is 1.58. The van der Waals surface area contributed by atoms with Crippen molar-refractivity contribution in [3.05, 3.63) is 34.9 Å². The lowest BCUT2D eigenvalue weighted by Gasteiger charge is -2.27. The molecular weight excluding hydrogens is 272 g/mol. The molecule has 0 radical (unpaired) electrons. The van der Waals surface area contributed by atoms with Crippen molar-refractivity contribution >= 4 is 0 Å². The summed E-state index contributed by atoms with van der Waals surface area (Å²) in [5.74, 6) is 0.749. The minimum atomic E-state index is 0.464. The number of hydrogen-bond donors (Lipinski definition) is 0. The number of likely N-dealkylation sites (N-methyl/N-ethyl adjacent to an activating group) is 1. The van der Waals surface area contributed by atoms with Crippen LogP contribution in [0, 0.1) is 19.8 Å². The summed E-state index contributed by atoms with van der Waals surface area (Å²) in [6.07, 6.45) is 3.12. The number of aryl methyl sites for hydroxylation is 2. The Morgan fingerprint density at radius 1 is 1.18 bits per heavy atom. The number of benzene rings is 1. The molecule has 1 aromatic rings. The molecule has 1 saturated heterocycles. The summed E-state index contributed by atoms with van der Waals surface area (Å²) >= 11 is 0. The van der Waals surface area contributed by atoms with Gasteiger partial charge in [0.25, 0.3) is 0 Å². The van der Waals surface area contributed by atoms with Crippen molar-refractivity contribution < 1.29 is 4.74 Å². The summed E-state index contributed by atoms with van der Waals surface area (Å²) in [5, 5.41) is 0. The van der Waals surface area contributed by atoms with Gasteiger partial charge in [-0.2, -0.15) is 0 Å². The van der Waals surface area contributed by atoms with Crippen LogP contribution in [0.3, 0.4) is 0 Å². The summed E-state index contributed by atoms with van der Waals surface area (Å²) < 4.78 is 6.23. The van der Waals surface area contributed by atoms with Gasteiger partial charge in [0, 0.05) is 25.7 Å². The Hall–Kier alpha value is -0.900. The maximum absolute atomic E-state index is 6.23. The first-order valence-corrected chi connectivity index (χ1v) is 8.61. The van der Waals surface area contributed by atoms with E-state index in [4.69, 9.17) is 4.74 Å². The van der Waals surface area contributed by atoms with Gasteiger partial charge >= 0.3 is 0 Å². The Morgan fingerprint density at radius 2 is 2.00 bits per heavy atom. The molecule has 3 nitrogen and oxygen atoms in total. The highest BCUT2D eigenvalue weighted by molar-refractivity contribution is 5.30. The van der Waals surface area contributed by atoms with Crippen molar-refractivity contribution in [1.82, 2.24) is 9.80 Å². The number of piperidine rings is 1. The predicted octanol–water partition coefficient (Wildman–Crippen LogP) is 2.84. The molecule has 2 fully saturated rings. The lowest BCUT2D eigenvalue weighted by molar-refractivity contribution is 0.0199. The second-order valence-corrected chi connectivity index (χ2v) is 7.39. The Labute approximate surface area is 135 Å². The molecule has 122 valence electrons. The first kappa shape index (κ1) is 16.0. The first-order valence-electron chi connectivity index (χ1n) is 8.61. The zero-order valence-electron chi connectivity index (χ0n) is 14.5. The number of hydrogen-bond acceptors (Lipinski definition) is 3. The fourth-order valence-electron chi connectivity index (χ4n) is 3.99. The smallest absolute Gasteiger partial charge is 0.0771 e. The zero-order chi connectivity index (χ0) is 15.7. The molecule has 0 amide bonds. The molecule has 0 spiro atoms. The third-order valence-corrected chi connectivity index (χ3v) is 5.42. The fourth-order valence-corrected chi connectivity index (χ4v) is 3.99. The maximum atomic E-state index is 6.23. The molecule has 3 atom stereocenters. The molecule has 0 unspecified atom stereocenters. The third-order valence-electron chi connectivity index (χ3n) is 5.42. The summed E-state index contributed by atoms with van der Waals surface area (Å²) in [4.78, 5) is 4.85. The Bertz CT molecular complexity index is 514. The molecule has 2 aliphatic rings. The van der Waals surface area contributed by atoms with Crippen molar-refractivity contribution in [3.63, 3.8) is 0 Å². The lowest BCUT2D eigenvalue weighted by atomic mass is 10.0. The minimum absolute atomic E-state index is 0.464. The van der Waals surface area contributed by atoms with E-state index in [-0.39, 0.29) is 0 Å². The second-order valence-electron chi connectivity index (χ2n) is 7.39. The normalized spacial score (nSPS) is 28.0. The van der Waals surface area contributed by atoms with Crippen molar-refractivity contribution in [2.45, 2.75) is 45.4 Å². The third kappa shape index (κ3) is 3.37. The molecule has 22 heavy (non-hydrogen) atoms. The van der Waals surface area contributed by atoms with Gasteiger partial charge in [-0.25, -0.2) is 0 Å². The average Bonchev–Trinajstić information content (AvgIpc) is 2.99. The predicted molar refractivity (Wildman–Crippen MR) is 91.1 cm³/mol. The van der Waals surface area contributed by atoms with Gasteiger partial charge in [0.1, 0.15) is 0 Å². The van der Waals surface area contributed by atoms with Crippen LogP contribution >= 0.6 is 0 Å². The van der Waals surface area contributed by atoms with E-state index < -0.39 is 0 Å². The summed E-state index contributed by atoms with van der Waals surface area (Å²) in [7, 11) is 4.22. The van der Waals surface area contributed by atoms with Crippen molar-refractivity contribution in [2.75, 3.05) is 33.8 Å². The van der Waals surface area contributed by atoms with Gasteiger partial charge < -0.3 is 9.64 Å². The zero-order valence-corrected chi connectivity index (χ0v) is 14.5. The Kier molecular flexibility index (Phi) is 4.86. The van der Waals surface area contributed by atoms with Gasteiger partial charge in [0.15, 0.2) is 0 Å². The van der Waals surface area contributed by atoms with Gasteiger partial charge in [-0.1, -0.05) is 18.2 Å². The molecule has 1 heterocycles. The van der Waals surface area contributed by atoms with Crippen LogP contribution in [0.4, 0.5) is 0 Å². The average molecular weight is 302 g/mol. The van der Waals surface area contributed by atoms with E-state index in [1.807, 2.05) is 0 Å². The lowest BCUT2D eigenvalue weighted by Crippen LogP contribution is -2.35. The highest BCUT2D eigenvalue weighted by Gasteiger charge is 2.47. The van der Waals surface area contributed by atoms with Crippen LogP contribution < -0.4 is 0 Å². The number of rotatable bonds is 6. The van der Waals surface area contributed by atoms with Crippen molar-refractivity contribution in [2.24, 2.45) is 5.92 Å². The van der Waals surface area contributed by atoms with E-state index >= 15 is 0 Å². The molecule has 1 aromatic carbocycles. The van der Waals surface area contributed by atoms with Gasteiger partial charge in [0.2, 0.25) is 0 Å². The highest BCUT2D eigenvalue weighted by Crippen LogP contribution is 2.40. The topological polar surface area (TPSA) is 15.7 Å². The van der Waals surface area contributed by atoms with E-state index in [1.54, 1.807) is 0 Å². The summed E-state index contributed by atoms with van der Waals surface area (Å²) in [6.45, 7) is 8.57. The Morgan fingerprint density at radius 3 is 2.73 bits per heavy atom. The van der Waals surface area contributed by atoms with E-state index in [1.165, 1.54) is 36.1 Å². The van der Waals surface area contributed by atoms with Crippen LogP contribution in [0.15, 0.2) is 18.2 Å². The monoisotopic (exact) mass is 302 g/mol. The van der Waals surface area contributed by atoms with Crippen LogP contribution in [0.1, 0.15) is 29.5 Å². The minimum Gasteiger partial charge on any atom is -0.375 e. The van der Waals surface area contributed by atoms with Crippen molar-refractivity contribution in [1.29, 1.82) is 0 Å². The number of fused-ring (bicyclic) bond motifs is 2. The quantitative estimate of drug-likeness (QED) is 0.803. The van der Waals surface area contributed by atoms with Crippen LogP contribution in [0.2, 0.25) is 0 Å². The SMILES string of the molecule is Cc1ccc(CN2C[C@H]3CC[C@H]2[C@@H]3OCCN(C)C)cc1C. The molecule has 0 N–H and O–H groups in total. The molecule has 2 bridgehead atoms. The van der Waals surface area contributed by atoms with Crippen LogP contribution in [0.5, 0.6) is 0 Å². The summed E-state index contributed by atoms with van der Waals surface area (Å²) in [5.41, 5.74) is 4.24. The second kappa shape index (κ2) is 6.69. The number of nitrogens with zero attached hydrogens (tertiary/aromatic N) is 2. The van der Waals surface area contributed by atoms with Crippen LogP contribution in [0.25, 0.3) is 0 Å². The molecule has 1 aliphatic heterocycles. The molecule has 1 saturated carbocycles. The standard InChI is InChI=1S/C19H30N2O/c1-14-5-6-16(11-15(14)2)12-21-13-17-7-8-18(21)19(17)22-10-9-20(3)4/h5-6,11,17-19H,7-10,12-13H2,1-4H3/t17-,18+,19-/m1/s1. The van der Waals surface area contributed by atoms with Crippen LogP contribution in [-0.4, -0.2) is 55.7 Å². The molecule has 0 aromatic heterocycles. The van der Waals surface area contributed by atoms with E-state index in [0.717, 1.165) is 25.6 Å². The fraction of sp³-hybridized carbons (Fsp3) is 0.684. The van der Waals surface area contributed by atoms with Crippen molar-refractivity contribution in [3.8, 4) is 0 Å². The van der Waals surface area contributed by atoms with Gasteiger partial charge in [-0.05, 0) is 63.4 Å². The maximum Gasteiger partial charge on any atom is 0.0771 e.